The summed E-state index contributed by atoms with van der Waals surface area (Å²) in [7, 11) is -1.70. The molecule has 2 bridgehead atoms. The predicted molar refractivity (Wildman–Crippen MR) is 174 cm³/mol. The number of carbonyl (C=O) groups is 1. The molecule has 0 saturated carbocycles. The summed E-state index contributed by atoms with van der Waals surface area (Å²) in [5.41, 5.74) is 0.967. The Balaban J connectivity index is 1.27. The number of halogens is 1. The molecule has 11 nitrogen and oxygen atoms in total. The Morgan fingerprint density at radius 1 is 1.04 bits per heavy atom. The number of sulfonamides is 1. The van der Waals surface area contributed by atoms with Crippen molar-refractivity contribution in [2.24, 2.45) is 5.14 Å². The highest BCUT2D eigenvalue weighted by molar-refractivity contribution is 7.89. The van der Waals surface area contributed by atoms with Crippen LogP contribution in [-0.4, -0.2) is 96.4 Å². The number of piperazine rings is 1. The second-order valence-electron chi connectivity index (χ2n) is 12.7. The van der Waals surface area contributed by atoms with Gasteiger partial charge in [-0.3, -0.25) is 4.79 Å². The van der Waals surface area contributed by atoms with Crippen molar-refractivity contribution in [3.05, 3.63) is 54.3 Å². The molecule has 3 N–H and O–H groups in total. The summed E-state index contributed by atoms with van der Waals surface area (Å²) in [6, 6.07) is 14.2. The number of phenols is 1. The van der Waals surface area contributed by atoms with Crippen LogP contribution in [0.15, 0.2) is 48.5 Å². The summed E-state index contributed by atoms with van der Waals surface area (Å²) in [4.78, 5) is 28.6. The molecule has 0 unspecified atom stereocenters. The monoisotopic (exact) mass is 648 g/mol. The Labute approximate surface area is 266 Å². The van der Waals surface area contributed by atoms with Crippen molar-refractivity contribution >= 4 is 43.4 Å². The quantitative estimate of drug-likeness (QED) is 0.293. The van der Waals surface area contributed by atoms with Crippen LogP contribution in [0.4, 0.5) is 10.2 Å². The van der Waals surface area contributed by atoms with Gasteiger partial charge in [0.2, 0.25) is 15.9 Å². The van der Waals surface area contributed by atoms with Gasteiger partial charge in [0.1, 0.15) is 23.7 Å². The minimum atomic E-state index is -3.75. The highest BCUT2D eigenvalue weighted by Crippen LogP contribution is 2.40. The lowest BCUT2D eigenvalue weighted by atomic mass is 9.96. The number of rotatable bonds is 8. The Bertz CT molecular complexity index is 1930. The van der Waals surface area contributed by atoms with Gasteiger partial charge in [0.25, 0.3) is 0 Å². The Morgan fingerprint density at radius 3 is 2.52 bits per heavy atom. The van der Waals surface area contributed by atoms with Gasteiger partial charge in [-0.05, 0) is 73.8 Å². The topological polar surface area (TPSA) is 142 Å². The number of ether oxygens (including phenoxy) is 1. The molecule has 0 radical (unpaired) electrons. The van der Waals surface area contributed by atoms with Gasteiger partial charge >= 0.3 is 6.01 Å². The lowest BCUT2D eigenvalue weighted by molar-refractivity contribution is -0.134. The van der Waals surface area contributed by atoms with Crippen LogP contribution >= 0.6 is 0 Å². The maximum Gasteiger partial charge on any atom is 0.319 e. The molecule has 1 aromatic heterocycles. The number of hydrogen-bond acceptors (Lipinski definition) is 9. The molecule has 3 saturated heterocycles. The number of nitrogens with two attached hydrogens (primary N) is 1. The summed E-state index contributed by atoms with van der Waals surface area (Å²) >= 11 is 0. The number of primary sulfonamides is 1. The average molecular weight is 649 g/mol. The molecule has 7 rings (SSSR count). The maximum absolute atomic E-state index is 16.7. The van der Waals surface area contributed by atoms with Gasteiger partial charge in [-0.2, -0.15) is 9.97 Å². The van der Waals surface area contributed by atoms with Crippen LogP contribution in [0.5, 0.6) is 11.8 Å². The Morgan fingerprint density at radius 2 is 1.80 bits per heavy atom. The third-order valence-electron chi connectivity index (χ3n) is 9.65. The number of likely N-dealkylation sites (tertiary alicyclic amines) is 1. The summed E-state index contributed by atoms with van der Waals surface area (Å²) in [5.74, 6) is -0.602. The minimum absolute atomic E-state index is 0.0354. The molecule has 3 aromatic carbocycles. The Kier molecular flexibility index (Phi) is 7.94. The fourth-order valence-corrected chi connectivity index (χ4v) is 7.82. The van der Waals surface area contributed by atoms with Gasteiger partial charge in [-0.15, -0.1) is 0 Å². The number of aromatic hydroxyl groups is 1. The van der Waals surface area contributed by atoms with Crippen LogP contribution in [0.3, 0.4) is 0 Å². The van der Waals surface area contributed by atoms with E-state index in [-0.39, 0.29) is 47.7 Å². The fraction of sp³-hybridized carbons (Fsp3) is 0.424. The van der Waals surface area contributed by atoms with E-state index in [4.69, 9.17) is 14.9 Å². The zero-order valence-electron chi connectivity index (χ0n) is 25.6. The van der Waals surface area contributed by atoms with Crippen molar-refractivity contribution in [2.75, 3.05) is 43.9 Å². The van der Waals surface area contributed by atoms with E-state index in [1.54, 1.807) is 23.1 Å². The van der Waals surface area contributed by atoms with E-state index in [9.17, 15) is 18.3 Å². The molecule has 13 heteroatoms. The van der Waals surface area contributed by atoms with Gasteiger partial charge < -0.3 is 24.5 Å². The second kappa shape index (κ2) is 11.9. The van der Waals surface area contributed by atoms with E-state index in [1.165, 1.54) is 0 Å². The number of aromatic nitrogens is 2. The number of benzene rings is 3. The molecule has 3 fully saturated rings. The van der Waals surface area contributed by atoms with Crippen LogP contribution in [0.25, 0.3) is 32.8 Å². The molecule has 4 aromatic rings. The SMILES string of the molecule is CN1CCC[C@H]1COc1nc(N2C[C@H]3CC[C@@H](C2)N3C(=O)CCS(N)(=O)=O)c2ccc(-c3cc(O)cc4ccccc34)c(F)c2n1. The standard InChI is InChI=1S/C33H37FN6O5S/c1-38-13-4-6-23(38)19-45-33-36-31-27(11-10-26(30(31)34)28-16-24(41)15-20-5-2-3-7-25(20)28)32(37-33)39-17-21-8-9-22(18-39)40(21)29(42)12-14-46(35,43)44/h2-3,5,7,10-11,15-16,21-23,41H,4,6,8-9,12-14,17-19H2,1H3,(H2,35,43,44)/t21-,22+,23-/m0/s1. The summed E-state index contributed by atoms with van der Waals surface area (Å²) in [6.45, 7) is 2.26. The van der Waals surface area contributed by atoms with Crippen LogP contribution in [-0.2, 0) is 14.8 Å². The van der Waals surface area contributed by atoms with Gasteiger partial charge in [0, 0.05) is 48.6 Å². The highest BCUT2D eigenvalue weighted by Gasteiger charge is 2.43. The zero-order valence-corrected chi connectivity index (χ0v) is 26.4. The Hall–Kier alpha value is -4.07. The third-order valence-corrected chi connectivity index (χ3v) is 10.4. The first-order chi connectivity index (χ1) is 22.1. The summed E-state index contributed by atoms with van der Waals surface area (Å²) in [5, 5.41) is 17.7. The minimum Gasteiger partial charge on any atom is -0.508 e. The molecule has 3 aliphatic heterocycles. The predicted octanol–water partition coefficient (Wildman–Crippen LogP) is 3.63. The van der Waals surface area contributed by atoms with Gasteiger partial charge in [-0.25, -0.2) is 17.9 Å². The second-order valence-corrected chi connectivity index (χ2v) is 14.4. The average Bonchev–Trinajstić information content (AvgIpc) is 3.56. The molecule has 1 amide bonds. The van der Waals surface area contributed by atoms with Crippen molar-refractivity contribution in [1.82, 2.24) is 19.8 Å². The number of anilines is 1. The highest BCUT2D eigenvalue weighted by atomic mass is 32.2. The number of phenolic OH excluding ortho intramolecular Hbond substituents is 1. The first kappa shape index (κ1) is 30.6. The van der Waals surface area contributed by atoms with E-state index in [1.807, 2.05) is 30.3 Å². The van der Waals surface area contributed by atoms with Crippen LogP contribution in [0.1, 0.15) is 32.1 Å². The zero-order chi connectivity index (χ0) is 32.2. The van der Waals surface area contributed by atoms with Gasteiger partial charge in [0.15, 0.2) is 5.82 Å². The van der Waals surface area contributed by atoms with Crippen LogP contribution in [0, 0.1) is 5.82 Å². The molecule has 4 heterocycles. The first-order valence-electron chi connectivity index (χ1n) is 15.7. The number of amides is 1. The molecule has 46 heavy (non-hydrogen) atoms. The van der Waals surface area contributed by atoms with E-state index in [0.717, 1.165) is 43.0 Å². The van der Waals surface area contributed by atoms with E-state index in [2.05, 4.69) is 21.8 Å². The molecule has 3 atom stereocenters. The molecule has 242 valence electrons. The van der Waals surface area contributed by atoms with E-state index >= 15 is 4.39 Å². The molecular weight excluding hydrogens is 611 g/mol. The lowest BCUT2D eigenvalue weighted by Crippen LogP contribution is -2.56. The van der Waals surface area contributed by atoms with Crippen molar-refractivity contribution < 1.29 is 27.4 Å². The smallest absolute Gasteiger partial charge is 0.319 e. The molecular formula is C33H37FN6O5S. The first-order valence-corrected chi connectivity index (χ1v) is 17.4. The van der Waals surface area contributed by atoms with Crippen molar-refractivity contribution in [1.29, 1.82) is 0 Å². The molecule has 3 aliphatic rings. The van der Waals surface area contributed by atoms with Gasteiger partial charge in [0.05, 0.1) is 5.75 Å². The summed E-state index contributed by atoms with van der Waals surface area (Å²) in [6.07, 6.45) is 3.45. The van der Waals surface area contributed by atoms with E-state index < -0.39 is 21.6 Å². The number of likely N-dealkylation sites (N-methyl/N-ethyl adjacent to an activating group) is 1. The van der Waals surface area contributed by atoms with Crippen molar-refractivity contribution in [3.63, 3.8) is 0 Å². The summed E-state index contributed by atoms with van der Waals surface area (Å²) < 4.78 is 45.8. The molecule has 0 spiro atoms. The van der Waals surface area contributed by atoms with Crippen LogP contribution < -0.4 is 14.8 Å². The maximum atomic E-state index is 16.7. The van der Waals surface area contributed by atoms with Crippen molar-refractivity contribution in [3.8, 4) is 22.9 Å². The number of fused-ring (bicyclic) bond motifs is 4. The number of hydrogen-bond donors (Lipinski definition) is 2. The molecule has 0 aliphatic carbocycles. The number of carbonyl (C=O) groups excluding carboxylic acids is 1. The van der Waals surface area contributed by atoms with Crippen LogP contribution in [0.2, 0.25) is 0 Å². The number of nitrogens with zero attached hydrogens (tertiary/aromatic N) is 5. The third kappa shape index (κ3) is 5.82. The normalized spacial score (nSPS) is 21.8. The largest absolute Gasteiger partial charge is 0.508 e. The fourth-order valence-electron chi connectivity index (χ4n) is 7.36. The van der Waals surface area contributed by atoms with Gasteiger partial charge in [-0.1, -0.05) is 30.3 Å². The van der Waals surface area contributed by atoms with E-state index in [0.29, 0.717) is 42.0 Å². The van der Waals surface area contributed by atoms with Crippen molar-refractivity contribution in [2.45, 2.75) is 50.2 Å². The lowest BCUT2D eigenvalue weighted by Gasteiger charge is -2.42.